The lowest BCUT2D eigenvalue weighted by atomic mass is 10.2. The van der Waals surface area contributed by atoms with Crippen LogP contribution in [0.5, 0.6) is 0 Å². The Morgan fingerprint density at radius 3 is 3.00 bits per heavy atom. The number of nitro benzene ring substituents is 1. The Labute approximate surface area is 110 Å². The molecule has 0 spiro atoms. The molecule has 0 bridgehead atoms. The molecule has 0 atom stereocenters. The normalized spacial score (nSPS) is 10.4. The lowest BCUT2D eigenvalue weighted by Crippen LogP contribution is -2.08. The van der Waals surface area contributed by atoms with E-state index in [1.807, 2.05) is 6.92 Å². The zero-order valence-electron chi connectivity index (χ0n) is 10.6. The summed E-state index contributed by atoms with van der Waals surface area (Å²) in [6.45, 7) is 3.28. The largest absolute Gasteiger partial charge is 0.379 e. The molecule has 0 aliphatic heterocycles. The van der Waals surface area contributed by atoms with E-state index >= 15 is 0 Å². The van der Waals surface area contributed by atoms with Gasteiger partial charge >= 0.3 is 0 Å². The monoisotopic (exact) mass is 261 g/mol. The minimum atomic E-state index is -0.376. The van der Waals surface area contributed by atoms with Crippen molar-refractivity contribution in [2.24, 2.45) is 0 Å². The van der Waals surface area contributed by atoms with Crippen LogP contribution in [0.2, 0.25) is 0 Å². The first-order valence-corrected chi connectivity index (χ1v) is 6.00. The van der Waals surface area contributed by atoms with Gasteiger partial charge in [0.1, 0.15) is 5.69 Å². The summed E-state index contributed by atoms with van der Waals surface area (Å²) in [6.07, 6.45) is 4.22. The molecule has 0 fully saturated rings. The Morgan fingerprint density at radius 1 is 1.47 bits per heavy atom. The molecule has 7 heteroatoms. The van der Waals surface area contributed by atoms with Crippen LogP contribution in [0.3, 0.4) is 0 Å². The van der Waals surface area contributed by atoms with Crippen molar-refractivity contribution in [3.63, 3.8) is 0 Å². The highest BCUT2D eigenvalue weighted by atomic mass is 16.6. The van der Waals surface area contributed by atoms with E-state index in [4.69, 9.17) is 0 Å². The van der Waals surface area contributed by atoms with Crippen molar-refractivity contribution in [2.75, 3.05) is 11.9 Å². The van der Waals surface area contributed by atoms with Crippen molar-refractivity contribution in [1.82, 2.24) is 15.0 Å². The topological polar surface area (TPSA) is 85.9 Å². The van der Waals surface area contributed by atoms with Crippen molar-refractivity contribution in [3.05, 3.63) is 46.3 Å². The van der Waals surface area contributed by atoms with E-state index in [2.05, 4.69) is 15.6 Å². The van der Waals surface area contributed by atoms with Gasteiger partial charge in [-0.1, -0.05) is 11.3 Å². The highest BCUT2D eigenvalue weighted by Crippen LogP contribution is 2.24. The number of rotatable bonds is 6. The van der Waals surface area contributed by atoms with Gasteiger partial charge in [0, 0.05) is 25.4 Å². The Balaban J connectivity index is 1.91. The summed E-state index contributed by atoms with van der Waals surface area (Å²) >= 11 is 0. The van der Waals surface area contributed by atoms with E-state index in [1.54, 1.807) is 29.2 Å². The molecular formula is C12H15N5O2. The zero-order valence-corrected chi connectivity index (χ0v) is 10.6. The number of aromatic nitrogens is 3. The lowest BCUT2D eigenvalue weighted by Gasteiger charge is -2.07. The van der Waals surface area contributed by atoms with Gasteiger partial charge in [-0.05, 0) is 25.0 Å². The molecule has 0 saturated carbocycles. The van der Waals surface area contributed by atoms with Gasteiger partial charge in [-0.2, -0.15) is 0 Å². The highest BCUT2D eigenvalue weighted by Gasteiger charge is 2.12. The quantitative estimate of drug-likeness (QED) is 0.488. The second-order valence-electron chi connectivity index (χ2n) is 4.22. The van der Waals surface area contributed by atoms with E-state index in [0.717, 1.165) is 18.5 Å². The molecule has 1 heterocycles. The van der Waals surface area contributed by atoms with Crippen LogP contribution in [0.4, 0.5) is 11.4 Å². The van der Waals surface area contributed by atoms with Crippen LogP contribution in [0, 0.1) is 17.0 Å². The maximum absolute atomic E-state index is 10.9. The van der Waals surface area contributed by atoms with Gasteiger partial charge in [0.05, 0.1) is 11.1 Å². The summed E-state index contributed by atoms with van der Waals surface area (Å²) in [5.41, 5.74) is 1.65. The second kappa shape index (κ2) is 5.94. The number of nitrogens with one attached hydrogen (secondary N) is 1. The molecule has 2 aromatic rings. The van der Waals surface area contributed by atoms with Crippen LogP contribution in [-0.4, -0.2) is 26.5 Å². The van der Waals surface area contributed by atoms with Gasteiger partial charge in [0.15, 0.2) is 0 Å². The number of benzene rings is 1. The minimum absolute atomic E-state index is 0.103. The fourth-order valence-electron chi connectivity index (χ4n) is 1.77. The molecule has 0 unspecified atom stereocenters. The average molecular weight is 261 g/mol. The number of hydrogen-bond acceptors (Lipinski definition) is 5. The van der Waals surface area contributed by atoms with Crippen LogP contribution in [0.1, 0.15) is 12.0 Å². The van der Waals surface area contributed by atoms with Crippen molar-refractivity contribution in [2.45, 2.75) is 19.9 Å². The molecule has 0 radical (unpaired) electrons. The Bertz CT molecular complexity index is 553. The lowest BCUT2D eigenvalue weighted by molar-refractivity contribution is -0.384. The Morgan fingerprint density at radius 2 is 2.32 bits per heavy atom. The van der Waals surface area contributed by atoms with Crippen molar-refractivity contribution < 1.29 is 4.92 Å². The van der Waals surface area contributed by atoms with Gasteiger partial charge in [-0.3, -0.25) is 14.8 Å². The van der Waals surface area contributed by atoms with Crippen molar-refractivity contribution in [3.8, 4) is 0 Å². The van der Waals surface area contributed by atoms with Gasteiger partial charge in [0.25, 0.3) is 5.69 Å². The van der Waals surface area contributed by atoms with E-state index in [9.17, 15) is 10.1 Å². The smallest absolute Gasteiger partial charge is 0.292 e. The summed E-state index contributed by atoms with van der Waals surface area (Å²) < 4.78 is 1.73. The molecule has 0 aliphatic carbocycles. The van der Waals surface area contributed by atoms with Crippen LogP contribution in [0.25, 0.3) is 0 Å². The molecule has 0 aliphatic rings. The first-order valence-electron chi connectivity index (χ1n) is 6.00. The number of nitrogens with zero attached hydrogens (tertiary/aromatic N) is 4. The van der Waals surface area contributed by atoms with Crippen LogP contribution in [-0.2, 0) is 6.54 Å². The molecule has 2 rings (SSSR count). The molecule has 100 valence electrons. The van der Waals surface area contributed by atoms with Crippen LogP contribution >= 0.6 is 0 Å². The van der Waals surface area contributed by atoms with Gasteiger partial charge in [-0.15, -0.1) is 5.10 Å². The number of anilines is 1. The fraction of sp³-hybridized carbons (Fsp3) is 0.333. The molecule has 1 N–H and O–H groups in total. The summed E-state index contributed by atoms with van der Waals surface area (Å²) in [6, 6.07) is 5.04. The standard InChI is InChI=1S/C12H15N5O2/c1-10-3-4-12(17(18)19)11(9-10)13-5-2-7-16-8-6-14-15-16/h3-4,6,8-9,13H,2,5,7H2,1H3. The van der Waals surface area contributed by atoms with E-state index in [-0.39, 0.29) is 10.6 Å². The van der Waals surface area contributed by atoms with Crippen molar-refractivity contribution >= 4 is 11.4 Å². The van der Waals surface area contributed by atoms with Gasteiger partial charge in [-0.25, -0.2) is 0 Å². The summed E-state index contributed by atoms with van der Waals surface area (Å²) in [5.74, 6) is 0. The number of aryl methyl sites for hydroxylation is 2. The first kappa shape index (κ1) is 13.0. The third-order valence-electron chi connectivity index (χ3n) is 2.70. The predicted molar refractivity (Wildman–Crippen MR) is 71.0 cm³/mol. The molecule has 19 heavy (non-hydrogen) atoms. The van der Waals surface area contributed by atoms with E-state index < -0.39 is 0 Å². The van der Waals surface area contributed by atoms with E-state index in [0.29, 0.717) is 12.2 Å². The first-order chi connectivity index (χ1) is 9.16. The summed E-state index contributed by atoms with van der Waals surface area (Å²) in [7, 11) is 0. The molecule has 0 saturated heterocycles. The maximum Gasteiger partial charge on any atom is 0.292 e. The fourth-order valence-corrected chi connectivity index (χ4v) is 1.77. The third-order valence-corrected chi connectivity index (χ3v) is 2.70. The highest BCUT2D eigenvalue weighted by molar-refractivity contribution is 5.62. The Kier molecular flexibility index (Phi) is 4.07. The number of hydrogen-bond donors (Lipinski definition) is 1. The summed E-state index contributed by atoms with van der Waals surface area (Å²) in [5, 5.41) is 21.6. The maximum atomic E-state index is 10.9. The average Bonchev–Trinajstić information content (AvgIpc) is 2.87. The van der Waals surface area contributed by atoms with Gasteiger partial charge < -0.3 is 5.32 Å². The predicted octanol–water partition coefficient (Wildman–Crippen LogP) is 2.00. The second-order valence-corrected chi connectivity index (χ2v) is 4.22. The molecular weight excluding hydrogens is 246 g/mol. The van der Waals surface area contributed by atoms with E-state index in [1.165, 1.54) is 6.07 Å². The molecule has 1 aromatic heterocycles. The summed E-state index contributed by atoms with van der Waals surface area (Å²) in [4.78, 5) is 10.5. The van der Waals surface area contributed by atoms with Crippen molar-refractivity contribution in [1.29, 1.82) is 0 Å². The zero-order chi connectivity index (χ0) is 13.7. The Hall–Kier alpha value is -2.44. The van der Waals surface area contributed by atoms with Crippen LogP contribution in [0.15, 0.2) is 30.6 Å². The minimum Gasteiger partial charge on any atom is -0.379 e. The van der Waals surface area contributed by atoms with Crippen LogP contribution < -0.4 is 5.32 Å². The third kappa shape index (κ3) is 3.51. The molecule has 1 aromatic carbocycles. The molecule has 0 amide bonds. The SMILES string of the molecule is Cc1ccc([N+](=O)[O-])c(NCCCn2ccnn2)c1. The van der Waals surface area contributed by atoms with Gasteiger partial charge in [0.2, 0.25) is 0 Å². The molecule has 7 nitrogen and oxygen atoms in total. The number of nitro groups is 1.